The lowest BCUT2D eigenvalue weighted by Crippen LogP contribution is -2.48. The van der Waals surface area contributed by atoms with Crippen molar-refractivity contribution >= 4 is 11.6 Å². The van der Waals surface area contributed by atoms with Crippen LogP contribution in [0.1, 0.15) is 38.3 Å². The molecule has 18 heavy (non-hydrogen) atoms. The average molecular weight is 271 g/mol. The fourth-order valence-corrected chi connectivity index (χ4v) is 2.96. The zero-order valence-corrected chi connectivity index (χ0v) is 11.6. The molecule has 1 aliphatic heterocycles. The predicted molar refractivity (Wildman–Crippen MR) is 73.2 cm³/mol. The van der Waals surface area contributed by atoms with E-state index in [4.69, 9.17) is 17.3 Å². The normalized spacial score (nSPS) is 25.7. The Labute approximate surface area is 113 Å². The Balaban J connectivity index is 2.40. The van der Waals surface area contributed by atoms with Crippen LogP contribution in [0.5, 0.6) is 0 Å². The maximum absolute atomic E-state index is 14.0. The van der Waals surface area contributed by atoms with E-state index >= 15 is 0 Å². The molecule has 4 heteroatoms. The Kier molecular flexibility index (Phi) is 4.25. The number of rotatable bonds is 2. The number of nitrogens with two attached hydrogens (primary N) is 1. The van der Waals surface area contributed by atoms with E-state index in [1.54, 1.807) is 12.1 Å². The molecule has 0 spiro atoms. The predicted octanol–water partition coefficient (Wildman–Crippen LogP) is 3.35. The lowest BCUT2D eigenvalue weighted by atomic mass is 9.89. The fourth-order valence-electron chi connectivity index (χ4n) is 2.78. The molecule has 1 aliphatic rings. The summed E-state index contributed by atoms with van der Waals surface area (Å²) in [7, 11) is 0. The van der Waals surface area contributed by atoms with E-state index < -0.39 is 0 Å². The van der Waals surface area contributed by atoms with E-state index in [9.17, 15) is 4.39 Å². The van der Waals surface area contributed by atoms with Crippen molar-refractivity contribution in [3.8, 4) is 0 Å². The molecule has 1 heterocycles. The monoisotopic (exact) mass is 270 g/mol. The van der Waals surface area contributed by atoms with Crippen LogP contribution in [0.2, 0.25) is 5.02 Å². The lowest BCUT2D eigenvalue weighted by molar-refractivity contribution is 0.0922. The molecular weight excluding hydrogens is 251 g/mol. The number of benzene rings is 1. The molecule has 0 aromatic heterocycles. The van der Waals surface area contributed by atoms with Gasteiger partial charge in [0.15, 0.2) is 0 Å². The maximum Gasteiger partial charge on any atom is 0.128 e. The first-order chi connectivity index (χ1) is 8.50. The van der Waals surface area contributed by atoms with Crippen molar-refractivity contribution in [1.29, 1.82) is 0 Å². The molecule has 0 aliphatic carbocycles. The number of hydrogen-bond acceptors (Lipinski definition) is 2. The van der Waals surface area contributed by atoms with Crippen molar-refractivity contribution in [2.45, 2.75) is 44.8 Å². The van der Waals surface area contributed by atoms with E-state index in [1.807, 2.05) is 0 Å². The Morgan fingerprint density at radius 2 is 2.17 bits per heavy atom. The minimum atomic E-state index is -0.215. The van der Waals surface area contributed by atoms with Gasteiger partial charge >= 0.3 is 0 Å². The fraction of sp³-hybridized carbons (Fsp3) is 0.571. The summed E-state index contributed by atoms with van der Waals surface area (Å²) in [6.45, 7) is 5.20. The first-order valence-electron chi connectivity index (χ1n) is 6.47. The zero-order valence-electron chi connectivity index (χ0n) is 10.9. The topological polar surface area (TPSA) is 29.3 Å². The van der Waals surface area contributed by atoms with Gasteiger partial charge in [0.25, 0.3) is 0 Å². The number of nitrogens with zero attached hydrogens (tertiary/aromatic N) is 1. The molecule has 0 amide bonds. The van der Waals surface area contributed by atoms with Gasteiger partial charge < -0.3 is 5.73 Å². The summed E-state index contributed by atoms with van der Waals surface area (Å²) >= 11 is 5.99. The van der Waals surface area contributed by atoms with Gasteiger partial charge in [0.05, 0.1) is 6.04 Å². The maximum atomic E-state index is 14.0. The third kappa shape index (κ3) is 2.68. The highest BCUT2D eigenvalue weighted by Gasteiger charge is 2.33. The molecule has 2 atom stereocenters. The SMILES string of the molecule is CC(C)N1CCCC(N)C1c1cc(Cl)ccc1F. The van der Waals surface area contributed by atoms with Gasteiger partial charge in [-0.15, -0.1) is 0 Å². The van der Waals surface area contributed by atoms with Gasteiger partial charge in [-0.1, -0.05) is 11.6 Å². The van der Waals surface area contributed by atoms with Crippen molar-refractivity contribution in [2.75, 3.05) is 6.54 Å². The standard InChI is InChI=1S/C14H20ClFN2/c1-9(2)18-7-3-4-13(17)14(18)11-8-10(15)5-6-12(11)16/h5-6,8-9,13-14H,3-4,7,17H2,1-2H3. The lowest BCUT2D eigenvalue weighted by Gasteiger charge is -2.42. The van der Waals surface area contributed by atoms with Crippen molar-refractivity contribution in [3.05, 3.63) is 34.6 Å². The average Bonchev–Trinajstić information content (AvgIpc) is 2.32. The third-order valence-electron chi connectivity index (χ3n) is 3.66. The van der Waals surface area contributed by atoms with E-state index in [1.165, 1.54) is 6.07 Å². The molecule has 1 fully saturated rings. The van der Waals surface area contributed by atoms with Gasteiger partial charge in [-0.3, -0.25) is 4.90 Å². The molecule has 1 saturated heterocycles. The van der Waals surface area contributed by atoms with Crippen molar-refractivity contribution in [2.24, 2.45) is 5.73 Å². The van der Waals surface area contributed by atoms with Gasteiger partial charge in [0.1, 0.15) is 5.82 Å². The highest BCUT2D eigenvalue weighted by Crippen LogP contribution is 2.34. The van der Waals surface area contributed by atoms with E-state index in [0.717, 1.165) is 19.4 Å². The molecule has 100 valence electrons. The summed E-state index contributed by atoms with van der Waals surface area (Å²) in [4.78, 5) is 2.27. The van der Waals surface area contributed by atoms with Crippen LogP contribution in [0, 0.1) is 5.82 Å². The van der Waals surface area contributed by atoms with Crippen molar-refractivity contribution < 1.29 is 4.39 Å². The summed E-state index contributed by atoms with van der Waals surface area (Å²) in [6.07, 6.45) is 2.00. The largest absolute Gasteiger partial charge is 0.326 e. The highest BCUT2D eigenvalue weighted by molar-refractivity contribution is 6.30. The van der Waals surface area contributed by atoms with Crippen molar-refractivity contribution in [1.82, 2.24) is 4.90 Å². The van der Waals surface area contributed by atoms with Crippen LogP contribution >= 0.6 is 11.6 Å². The summed E-state index contributed by atoms with van der Waals surface area (Å²) in [5.74, 6) is -0.215. The second-order valence-electron chi connectivity index (χ2n) is 5.25. The smallest absolute Gasteiger partial charge is 0.128 e. The number of hydrogen-bond donors (Lipinski definition) is 1. The number of piperidine rings is 1. The molecule has 0 saturated carbocycles. The van der Waals surface area contributed by atoms with Gasteiger partial charge in [0, 0.05) is 22.7 Å². The Bertz CT molecular complexity index is 422. The molecule has 2 N–H and O–H groups in total. The first kappa shape index (κ1) is 13.8. The molecule has 2 rings (SSSR count). The molecule has 2 nitrogen and oxygen atoms in total. The summed E-state index contributed by atoms with van der Waals surface area (Å²) in [5, 5.41) is 0.563. The second-order valence-corrected chi connectivity index (χ2v) is 5.68. The van der Waals surface area contributed by atoms with Crippen LogP contribution in [0.15, 0.2) is 18.2 Å². The molecule has 1 aromatic rings. The van der Waals surface area contributed by atoms with Crippen LogP contribution in [0.4, 0.5) is 4.39 Å². The molecule has 1 aromatic carbocycles. The van der Waals surface area contributed by atoms with Crippen molar-refractivity contribution in [3.63, 3.8) is 0 Å². The number of halogens is 2. The van der Waals surface area contributed by atoms with Gasteiger partial charge in [-0.25, -0.2) is 4.39 Å². The van der Waals surface area contributed by atoms with E-state index in [0.29, 0.717) is 16.6 Å². The summed E-state index contributed by atoms with van der Waals surface area (Å²) in [5.41, 5.74) is 6.83. The first-order valence-corrected chi connectivity index (χ1v) is 6.84. The Morgan fingerprint density at radius 1 is 1.44 bits per heavy atom. The Morgan fingerprint density at radius 3 is 2.83 bits per heavy atom. The van der Waals surface area contributed by atoms with Crippen LogP contribution in [-0.4, -0.2) is 23.5 Å². The van der Waals surface area contributed by atoms with Crippen LogP contribution in [0.3, 0.4) is 0 Å². The van der Waals surface area contributed by atoms with Crippen LogP contribution in [-0.2, 0) is 0 Å². The van der Waals surface area contributed by atoms with Gasteiger partial charge in [-0.05, 0) is 51.4 Å². The highest BCUT2D eigenvalue weighted by atomic mass is 35.5. The van der Waals surface area contributed by atoms with E-state index in [2.05, 4.69) is 18.7 Å². The molecule has 0 radical (unpaired) electrons. The second kappa shape index (κ2) is 5.55. The summed E-state index contributed by atoms with van der Waals surface area (Å²) in [6, 6.07) is 4.96. The van der Waals surface area contributed by atoms with Crippen LogP contribution < -0.4 is 5.73 Å². The summed E-state index contributed by atoms with van der Waals surface area (Å²) < 4.78 is 14.0. The number of likely N-dealkylation sites (tertiary alicyclic amines) is 1. The Hall–Kier alpha value is -0.640. The molecular formula is C14H20ClFN2. The minimum absolute atomic E-state index is 0.0332. The zero-order chi connectivity index (χ0) is 13.3. The third-order valence-corrected chi connectivity index (χ3v) is 3.89. The molecule has 0 bridgehead atoms. The van der Waals surface area contributed by atoms with E-state index in [-0.39, 0.29) is 17.9 Å². The van der Waals surface area contributed by atoms with Gasteiger partial charge in [0.2, 0.25) is 0 Å². The molecule has 2 unspecified atom stereocenters. The van der Waals surface area contributed by atoms with Gasteiger partial charge in [-0.2, -0.15) is 0 Å². The minimum Gasteiger partial charge on any atom is -0.326 e. The van der Waals surface area contributed by atoms with Crippen LogP contribution in [0.25, 0.3) is 0 Å². The quantitative estimate of drug-likeness (QED) is 0.893.